The zero-order valence-corrected chi connectivity index (χ0v) is 13.8. The van der Waals surface area contributed by atoms with Gasteiger partial charge in [-0.1, -0.05) is 18.2 Å². The first kappa shape index (κ1) is 17.4. The molecular weight excluding hydrogens is 323 g/mol. The monoisotopic (exact) mass is 344 g/mol. The molecule has 1 aromatic heterocycles. The lowest BCUT2D eigenvalue weighted by Crippen LogP contribution is -2.39. The Bertz CT molecular complexity index is 738. The lowest BCUT2D eigenvalue weighted by molar-refractivity contribution is 0.0845. The van der Waals surface area contributed by atoms with E-state index in [9.17, 15) is 14.3 Å². The van der Waals surface area contributed by atoms with E-state index < -0.39 is 0 Å². The van der Waals surface area contributed by atoms with Gasteiger partial charge in [0, 0.05) is 17.8 Å². The van der Waals surface area contributed by atoms with E-state index >= 15 is 0 Å². The van der Waals surface area contributed by atoms with Gasteiger partial charge in [0.1, 0.15) is 18.0 Å². The molecule has 3 rings (SSSR count). The Kier molecular flexibility index (Phi) is 5.60. The summed E-state index contributed by atoms with van der Waals surface area (Å²) in [7, 11) is 0. The molecule has 1 saturated carbocycles. The molecule has 5 nitrogen and oxygen atoms in total. The number of carbonyl (C=O) groups is 1. The maximum atomic E-state index is 13.7. The summed E-state index contributed by atoms with van der Waals surface area (Å²) in [5.41, 5.74) is 0.703. The largest absolute Gasteiger partial charge is 0.472 e. The molecule has 0 radical (unpaired) electrons. The second kappa shape index (κ2) is 8.07. The number of benzene rings is 1. The first-order valence-electron chi connectivity index (χ1n) is 8.43. The average molecular weight is 344 g/mol. The Labute approximate surface area is 145 Å². The molecule has 0 spiro atoms. The highest BCUT2D eigenvalue weighted by atomic mass is 19.1. The maximum Gasteiger partial charge on any atom is 0.256 e. The van der Waals surface area contributed by atoms with Crippen LogP contribution >= 0.6 is 0 Å². The van der Waals surface area contributed by atoms with E-state index in [-0.39, 0.29) is 36.4 Å². The van der Waals surface area contributed by atoms with Crippen LogP contribution in [0.5, 0.6) is 5.88 Å². The molecule has 1 fully saturated rings. The molecule has 1 heterocycles. The quantitative estimate of drug-likeness (QED) is 0.875. The average Bonchev–Trinajstić information content (AvgIpc) is 2.61. The number of nitrogens with zero attached hydrogens (tertiary/aromatic N) is 1. The van der Waals surface area contributed by atoms with Gasteiger partial charge in [-0.2, -0.15) is 0 Å². The van der Waals surface area contributed by atoms with Crippen LogP contribution in [-0.4, -0.2) is 28.1 Å². The molecule has 6 heteroatoms. The highest BCUT2D eigenvalue weighted by molar-refractivity contribution is 5.96. The van der Waals surface area contributed by atoms with E-state index in [4.69, 9.17) is 4.74 Å². The van der Waals surface area contributed by atoms with Gasteiger partial charge >= 0.3 is 0 Å². The number of aromatic nitrogens is 1. The van der Waals surface area contributed by atoms with Crippen molar-refractivity contribution in [3.05, 3.63) is 59.5 Å². The van der Waals surface area contributed by atoms with E-state index in [1.165, 1.54) is 12.3 Å². The molecule has 1 aromatic carbocycles. The van der Waals surface area contributed by atoms with Gasteiger partial charge in [-0.05, 0) is 43.9 Å². The Hall–Kier alpha value is -2.47. The third kappa shape index (κ3) is 4.54. The molecule has 1 amide bonds. The van der Waals surface area contributed by atoms with Crippen molar-refractivity contribution in [1.29, 1.82) is 0 Å². The summed E-state index contributed by atoms with van der Waals surface area (Å²) < 4.78 is 19.3. The molecule has 1 aliphatic rings. The number of nitrogens with one attached hydrogen (secondary N) is 1. The number of pyridine rings is 1. The van der Waals surface area contributed by atoms with Crippen LogP contribution in [0.25, 0.3) is 0 Å². The lowest BCUT2D eigenvalue weighted by Gasteiger charge is -2.26. The fourth-order valence-corrected chi connectivity index (χ4v) is 3.00. The van der Waals surface area contributed by atoms with Crippen LogP contribution in [0.15, 0.2) is 42.6 Å². The molecule has 132 valence electrons. The van der Waals surface area contributed by atoms with Crippen LogP contribution < -0.4 is 10.1 Å². The molecule has 2 atom stereocenters. The molecule has 25 heavy (non-hydrogen) atoms. The molecule has 0 unspecified atom stereocenters. The van der Waals surface area contributed by atoms with Gasteiger partial charge in [-0.15, -0.1) is 0 Å². The number of ether oxygens (including phenoxy) is 1. The van der Waals surface area contributed by atoms with Crippen molar-refractivity contribution in [3.8, 4) is 5.88 Å². The second-order valence-electron chi connectivity index (χ2n) is 6.23. The number of aliphatic hydroxyl groups excluding tert-OH is 1. The topological polar surface area (TPSA) is 71.5 Å². The SMILES string of the molecule is O=C(N[C@H]1CCC[C@@H](O)C1)c1cccnc1OCc1ccccc1F. The molecular formula is C19H21FN2O3. The van der Waals surface area contributed by atoms with E-state index in [1.807, 2.05) is 0 Å². The number of carbonyl (C=O) groups excluding carboxylic acids is 1. The van der Waals surface area contributed by atoms with Crippen LogP contribution in [0.1, 0.15) is 41.6 Å². The van der Waals surface area contributed by atoms with Gasteiger partial charge in [-0.25, -0.2) is 9.37 Å². The number of amides is 1. The van der Waals surface area contributed by atoms with Crippen molar-refractivity contribution < 1.29 is 19.0 Å². The zero-order valence-electron chi connectivity index (χ0n) is 13.8. The summed E-state index contributed by atoms with van der Waals surface area (Å²) in [4.78, 5) is 16.6. The molecule has 0 aliphatic heterocycles. The smallest absolute Gasteiger partial charge is 0.256 e. The summed E-state index contributed by atoms with van der Waals surface area (Å²) in [6, 6.07) is 9.54. The summed E-state index contributed by atoms with van der Waals surface area (Å²) >= 11 is 0. The van der Waals surface area contributed by atoms with E-state index in [1.54, 1.807) is 30.3 Å². The zero-order chi connectivity index (χ0) is 17.6. The van der Waals surface area contributed by atoms with E-state index in [2.05, 4.69) is 10.3 Å². The molecule has 0 saturated heterocycles. The normalized spacial score (nSPS) is 20.1. The summed E-state index contributed by atoms with van der Waals surface area (Å²) in [5.74, 6) is -0.490. The standard InChI is InChI=1S/C19H21FN2O3/c20-17-9-2-1-5-13(17)12-25-19-16(8-4-10-21-19)18(24)22-14-6-3-7-15(23)11-14/h1-2,4-5,8-10,14-15,23H,3,6-7,11-12H2,(H,22,24)/t14-,15+/m0/s1. The minimum atomic E-state index is -0.371. The van der Waals surface area contributed by atoms with Crippen molar-refractivity contribution >= 4 is 5.91 Å². The molecule has 1 aliphatic carbocycles. The predicted octanol–water partition coefficient (Wildman–Crippen LogP) is 2.83. The van der Waals surface area contributed by atoms with Crippen molar-refractivity contribution in [2.45, 2.75) is 44.4 Å². The third-order valence-corrected chi connectivity index (χ3v) is 4.32. The summed E-state index contributed by atoms with van der Waals surface area (Å²) in [6.45, 7) is -0.00783. The lowest BCUT2D eigenvalue weighted by atomic mass is 9.93. The van der Waals surface area contributed by atoms with Gasteiger partial charge in [0.15, 0.2) is 0 Å². The third-order valence-electron chi connectivity index (χ3n) is 4.32. The highest BCUT2D eigenvalue weighted by Crippen LogP contribution is 2.21. The predicted molar refractivity (Wildman–Crippen MR) is 90.7 cm³/mol. The highest BCUT2D eigenvalue weighted by Gasteiger charge is 2.23. The van der Waals surface area contributed by atoms with Gasteiger partial charge in [0.25, 0.3) is 5.91 Å². The summed E-state index contributed by atoms with van der Waals surface area (Å²) in [5, 5.41) is 12.7. The van der Waals surface area contributed by atoms with E-state index in [0.29, 0.717) is 17.5 Å². The first-order valence-corrected chi connectivity index (χ1v) is 8.43. The maximum absolute atomic E-state index is 13.7. The molecule has 2 aromatic rings. The fraction of sp³-hybridized carbons (Fsp3) is 0.368. The first-order chi connectivity index (χ1) is 12.1. The Morgan fingerprint density at radius 1 is 1.28 bits per heavy atom. The van der Waals surface area contributed by atoms with Gasteiger partial charge < -0.3 is 15.2 Å². The van der Waals surface area contributed by atoms with Crippen molar-refractivity contribution in [2.75, 3.05) is 0 Å². The van der Waals surface area contributed by atoms with Crippen LogP contribution in [0.4, 0.5) is 4.39 Å². The van der Waals surface area contributed by atoms with Crippen molar-refractivity contribution in [2.24, 2.45) is 0 Å². The molecule has 2 N–H and O–H groups in total. The van der Waals surface area contributed by atoms with Crippen LogP contribution in [0.3, 0.4) is 0 Å². The number of rotatable bonds is 5. The van der Waals surface area contributed by atoms with Gasteiger partial charge in [0.2, 0.25) is 5.88 Å². The number of aliphatic hydroxyl groups is 1. The van der Waals surface area contributed by atoms with Crippen LogP contribution in [0, 0.1) is 5.82 Å². The van der Waals surface area contributed by atoms with E-state index in [0.717, 1.165) is 19.3 Å². The Balaban J connectivity index is 1.67. The Morgan fingerprint density at radius 3 is 2.92 bits per heavy atom. The number of halogens is 1. The Morgan fingerprint density at radius 2 is 2.12 bits per heavy atom. The van der Waals surface area contributed by atoms with Crippen molar-refractivity contribution in [3.63, 3.8) is 0 Å². The van der Waals surface area contributed by atoms with Crippen LogP contribution in [0.2, 0.25) is 0 Å². The second-order valence-corrected chi connectivity index (χ2v) is 6.23. The molecule has 0 bridgehead atoms. The fourth-order valence-electron chi connectivity index (χ4n) is 3.00. The van der Waals surface area contributed by atoms with Crippen molar-refractivity contribution in [1.82, 2.24) is 10.3 Å². The van der Waals surface area contributed by atoms with Gasteiger partial charge in [-0.3, -0.25) is 4.79 Å². The van der Waals surface area contributed by atoms with Crippen LogP contribution in [-0.2, 0) is 6.61 Å². The van der Waals surface area contributed by atoms with Gasteiger partial charge in [0.05, 0.1) is 6.10 Å². The number of hydrogen-bond donors (Lipinski definition) is 2. The number of hydrogen-bond acceptors (Lipinski definition) is 4. The summed E-state index contributed by atoms with van der Waals surface area (Å²) in [6.07, 6.45) is 4.21. The minimum absolute atomic E-state index is 0.00783. The minimum Gasteiger partial charge on any atom is -0.472 e.